The van der Waals surface area contributed by atoms with Gasteiger partial charge in [0.15, 0.2) is 6.61 Å². The maximum Gasteiger partial charge on any atom is 0.345 e. The number of ketones is 1. The number of Topliss-reactive ketones (excluding diaryl/α,β-unsaturated/α-hetero) is 1. The first-order chi connectivity index (χ1) is 12.0. The summed E-state index contributed by atoms with van der Waals surface area (Å²) < 4.78 is 15.1. The van der Waals surface area contributed by atoms with Crippen LogP contribution in [0.25, 0.3) is 0 Å². The summed E-state index contributed by atoms with van der Waals surface area (Å²) in [7, 11) is 2.87. The van der Waals surface area contributed by atoms with Crippen molar-refractivity contribution in [1.29, 1.82) is 0 Å². The Balaban J connectivity index is 2.13. The number of ether oxygens (including phenoxy) is 3. The third-order valence-corrected chi connectivity index (χ3v) is 3.36. The highest BCUT2D eigenvalue weighted by molar-refractivity contribution is 6.02. The summed E-state index contributed by atoms with van der Waals surface area (Å²) in [5.41, 5.74) is -0.400. The number of methoxy groups -OCH3 is 2. The van der Waals surface area contributed by atoms with Gasteiger partial charge in [0.25, 0.3) is 5.69 Å². The lowest BCUT2D eigenvalue weighted by Gasteiger charge is -2.10. The highest BCUT2D eigenvalue weighted by Crippen LogP contribution is 2.25. The van der Waals surface area contributed by atoms with Gasteiger partial charge >= 0.3 is 5.97 Å². The molecule has 8 heteroatoms. The summed E-state index contributed by atoms with van der Waals surface area (Å²) in [4.78, 5) is 34.5. The number of para-hydroxylation sites is 1. The van der Waals surface area contributed by atoms with E-state index in [2.05, 4.69) is 0 Å². The zero-order valence-corrected chi connectivity index (χ0v) is 13.6. The standard InChI is InChI=1S/C17H15NO7/c1-23-11-7-8-13(16(9-11)24-2)15(19)10-25-17(20)12-5-3-4-6-14(12)18(21)22/h3-9H,10H2,1-2H3. The fraction of sp³-hybridized carbons (Fsp3) is 0.176. The Bertz CT molecular complexity index is 816. The van der Waals surface area contributed by atoms with Gasteiger partial charge < -0.3 is 14.2 Å². The zero-order valence-electron chi connectivity index (χ0n) is 13.6. The Morgan fingerprint density at radius 1 is 1.04 bits per heavy atom. The minimum absolute atomic E-state index is 0.207. The summed E-state index contributed by atoms with van der Waals surface area (Å²) in [5, 5.41) is 10.9. The quantitative estimate of drug-likeness (QED) is 0.329. The second-order valence-corrected chi connectivity index (χ2v) is 4.84. The predicted octanol–water partition coefficient (Wildman–Crippen LogP) is 2.65. The maximum atomic E-state index is 12.2. The summed E-state index contributed by atoms with van der Waals surface area (Å²) >= 11 is 0. The number of benzene rings is 2. The number of hydrogen-bond donors (Lipinski definition) is 0. The minimum atomic E-state index is -0.951. The number of hydrogen-bond acceptors (Lipinski definition) is 7. The van der Waals surface area contributed by atoms with Gasteiger partial charge in [0.05, 0.1) is 24.7 Å². The highest BCUT2D eigenvalue weighted by Gasteiger charge is 2.22. The Morgan fingerprint density at radius 2 is 1.76 bits per heavy atom. The molecule has 0 aromatic heterocycles. The molecule has 8 nitrogen and oxygen atoms in total. The molecule has 0 bridgehead atoms. The van der Waals surface area contributed by atoms with Crippen molar-refractivity contribution in [3.63, 3.8) is 0 Å². The molecule has 0 atom stereocenters. The van der Waals surface area contributed by atoms with Crippen LogP contribution in [-0.2, 0) is 4.74 Å². The van der Waals surface area contributed by atoms with Crippen LogP contribution in [0.5, 0.6) is 11.5 Å². The number of rotatable bonds is 7. The molecule has 0 saturated carbocycles. The normalized spacial score (nSPS) is 10.0. The van der Waals surface area contributed by atoms with E-state index >= 15 is 0 Å². The largest absolute Gasteiger partial charge is 0.497 e. The first kappa shape index (κ1) is 17.9. The van der Waals surface area contributed by atoms with E-state index in [0.717, 1.165) is 0 Å². The van der Waals surface area contributed by atoms with Crippen molar-refractivity contribution in [2.75, 3.05) is 20.8 Å². The lowest BCUT2D eigenvalue weighted by atomic mass is 10.1. The maximum absolute atomic E-state index is 12.2. The summed E-state index contributed by atoms with van der Waals surface area (Å²) in [6.45, 7) is -0.576. The molecule has 0 unspecified atom stereocenters. The second kappa shape index (κ2) is 7.91. The molecule has 2 aromatic rings. The van der Waals surface area contributed by atoms with Gasteiger partial charge in [0.1, 0.15) is 17.1 Å². The molecule has 0 aliphatic heterocycles. The van der Waals surface area contributed by atoms with Gasteiger partial charge in [-0.2, -0.15) is 0 Å². The van der Waals surface area contributed by atoms with E-state index in [1.807, 2.05) is 0 Å². The lowest BCUT2D eigenvalue weighted by molar-refractivity contribution is -0.385. The zero-order chi connectivity index (χ0) is 18.4. The molecule has 2 aromatic carbocycles. The van der Waals surface area contributed by atoms with Crippen molar-refractivity contribution in [1.82, 2.24) is 0 Å². The summed E-state index contributed by atoms with van der Waals surface area (Å²) in [5.74, 6) is -0.684. The average molecular weight is 345 g/mol. The number of nitro benzene ring substituents is 1. The smallest absolute Gasteiger partial charge is 0.345 e. The van der Waals surface area contributed by atoms with Gasteiger partial charge in [-0.1, -0.05) is 12.1 Å². The van der Waals surface area contributed by atoms with Crippen LogP contribution in [-0.4, -0.2) is 37.5 Å². The number of carbonyl (C=O) groups is 2. The van der Waals surface area contributed by atoms with Gasteiger partial charge in [0, 0.05) is 12.1 Å². The fourth-order valence-corrected chi connectivity index (χ4v) is 2.12. The molecular weight excluding hydrogens is 330 g/mol. The summed E-state index contributed by atoms with van der Waals surface area (Å²) in [6.07, 6.45) is 0. The van der Waals surface area contributed by atoms with Crippen molar-refractivity contribution in [3.8, 4) is 11.5 Å². The van der Waals surface area contributed by atoms with E-state index in [0.29, 0.717) is 5.75 Å². The molecule has 0 saturated heterocycles. The van der Waals surface area contributed by atoms with E-state index in [1.165, 1.54) is 50.6 Å². The van der Waals surface area contributed by atoms with Crippen molar-refractivity contribution < 1.29 is 28.7 Å². The molecular formula is C17H15NO7. The minimum Gasteiger partial charge on any atom is -0.497 e. The number of nitro groups is 1. The van der Waals surface area contributed by atoms with E-state index in [-0.39, 0.29) is 22.6 Å². The Labute approximate surface area is 143 Å². The molecule has 2 rings (SSSR count). The summed E-state index contributed by atoms with van der Waals surface area (Å²) in [6, 6.07) is 9.93. The van der Waals surface area contributed by atoms with Crippen LogP contribution >= 0.6 is 0 Å². The first-order valence-electron chi connectivity index (χ1n) is 7.13. The molecule has 0 amide bonds. The van der Waals surface area contributed by atoms with Gasteiger partial charge in [-0.15, -0.1) is 0 Å². The van der Waals surface area contributed by atoms with E-state index < -0.39 is 23.3 Å². The van der Waals surface area contributed by atoms with Crippen LogP contribution in [0, 0.1) is 10.1 Å². The van der Waals surface area contributed by atoms with Crippen molar-refractivity contribution in [2.24, 2.45) is 0 Å². The molecule has 130 valence electrons. The van der Waals surface area contributed by atoms with Gasteiger partial charge in [0.2, 0.25) is 5.78 Å². The van der Waals surface area contributed by atoms with E-state index in [4.69, 9.17) is 14.2 Å². The van der Waals surface area contributed by atoms with E-state index in [9.17, 15) is 19.7 Å². The van der Waals surface area contributed by atoms with Gasteiger partial charge in [-0.3, -0.25) is 14.9 Å². The molecule has 0 radical (unpaired) electrons. The third kappa shape index (κ3) is 4.11. The van der Waals surface area contributed by atoms with E-state index in [1.54, 1.807) is 6.07 Å². The average Bonchev–Trinajstić information content (AvgIpc) is 2.65. The molecule has 0 aliphatic carbocycles. The monoisotopic (exact) mass is 345 g/mol. The van der Waals surface area contributed by atoms with Crippen molar-refractivity contribution in [3.05, 3.63) is 63.7 Å². The predicted molar refractivity (Wildman–Crippen MR) is 87.3 cm³/mol. The fourth-order valence-electron chi connectivity index (χ4n) is 2.12. The number of carbonyl (C=O) groups excluding carboxylic acids is 2. The van der Waals surface area contributed by atoms with Crippen LogP contribution < -0.4 is 9.47 Å². The Kier molecular flexibility index (Phi) is 5.67. The highest BCUT2D eigenvalue weighted by atomic mass is 16.6. The second-order valence-electron chi connectivity index (χ2n) is 4.84. The first-order valence-corrected chi connectivity index (χ1v) is 7.13. The van der Waals surface area contributed by atoms with Crippen molar-refractivity contribution in [2.45, 2.75) is 0 Å². The van der Waals surface area contributed by atoms with Crippen LogP contribution in [0.1, 0.15) is 20.7 Å². The molecule has 25 heavy (non-hydrogen) atoms. The Morgan fingerprint density at radius 3 is 2.40 bits per heavy atom. The van der Waals surface area contributed by atoms with Crippen LogP contribution in [0.15, 0.2) is 42.5 Å². The van der Waals surface area contributed by atoms with Gasteiger partial charge in [-0.05, 0) is 18.2 Å². The van der Waals surface area contributed by atoms with Crippen molar-refractivity contribution >= 4 is 17.4 Å². The molecule has 0 spiro atoms. The van der Waals surface area contributed by atoms with Crippen LogP contribution in [0.3, 0.4) is 0 Å². The molecule has 0 aliphatic rings. The van der Waals surface area contributed by atoms with Crippen LogP contribution in [0.4, 0.5) is 5.69 Å². The molecule has 0 heterocycles. The van der Waals surface area contributed by atoms with Crippen LogP contribution in [0.2, 0.25) is 0 Å². The topological polar surface area (TPSA) is 105 Å². The lowest BCUT2D eigenvalue weighted by Crippen LogP contribution is -2.16. The number of esters is 1. The Hall–Kier alpha value is -3.42. The van der Waals surface area contributed by atoms with Gasteiger partial charge in [-0.25, -0.2) is 4.79 Å². The molecule has 0 N–H and O–H groups in total. The number of nitrogens with zero attached hydrogens (tertiary/aromatic N) is 1. The SMILES string of the molecule is COc1ccc(C(=O)COC(=O)c2ccccc2[N+](=O)[O-])c(OC)c1. The molecule has 0 fully saturated rings. The third-order valence-electron chi connectivity index (χ3n) is 3.36.